The zero-order chi connectivity index (χ0) is 23.5. The molecule has 0 aliphatic carbocycles. The van der Waals surface area contributed by atoms with Crippen LogP contribution >= 0.6 is 23.5 Å². The van der Waals surface area contributed by atoms with E-state index in [1.807, 2.05) is 24.3 Å². The van der Waals surface area contributed by atoms with Crippen LogP contribution in [0.15, 0.2) is 82.6 Å². The van der Waals surface area contributed by atoms with Crippen LogP contribution in [0.2, 0.25) is 0 Å². The zero-order valence-electron chi connectivity index (χ0n) is 18.8. The number of imide groups is 1. The predicted octanol–water partition coefficient (Wildman–Crippen LogP) is 5.67. The van der Waals surface area contributed by atoms with Crippen LogP contribution in [0, 0.1) is 0 Å². The lowest BCUT2D eigenvalue weighted by Gasteiger charge is -2.32. The fourth-order valence-electron chi connectivity index (χ4n) is 4.22. The third-order valence-corrected chi connectivity index (χ3v) is 8.17. The van der Waals surface area contributed by atoms with Gasteiger partial charge in [-0.2, -0.15) is 0 Å². The molecule has 5 rings (SSSR count). The van der Waals surface area contributed by atoms with E-state index in [4.69, 9.17) is 4.74 Å². The maximum absolute atomic E-state index is 13.0. The molecule has 2 aliphatic heterocycles. The van der Waals surface area contributed by atoms with Crippen LogP contribution in [0.25, 0.3) is 0 Å². The highest BCUT2D eigenvalue weighted by molar-refractivity contribution is 8.00. The molecule has 1 saturated heterocycles. The number of nitrogens with one attached hydrogen (secondary N) is 1. The van der Waals surface area contributed by atoms with Crippen LogP contribution in [-0.4, -0.2) is 42.8 Å². The summed E-state index contributed by atoms with van der Waals surface area (Å²) in [5.74, 6) is 0.818. The Labute approximate surface area is 207 Å². The molecule has 2 heterocycles. The Bertz CT molecular complexity index is 1170. The van der Waals surface area contributed by atoms with Crippen LogP contribution in [-0.2, 0) is 4.79 Å². The minimum atomic E-state index is -0.349. The first-order valence-electron chi connectivity index (χ1n) is 11.1. The van der Waals surface area contributed by atoms with Crippen molar-refractivity contribution in [3.05, 3.63) is 78.4 Å². The first-order chi connectivity index (χ1) is 16.7. The molecular weight excluding hydrogens is 466 g/mol. The lowest BCUT2D eigenvalue weighted by atomic mass is 10.2. The van der Waals surface area contributed by atoms with Crippen LogP contribution in [0.3, 0.4) is 0 Å². The Balaban J connectivity index is 1.23. The molecule has 8 heteroatoms. The van der Waals surface area contributed by atoms with E-state index in [9.17, 15) is 9.59 Å². The SMILES string of the molecule is COc1cccc(C2SCC(=O)N2C(=O)NCCCN2c3ccccc3Sc3ccccc32)c1. The maximum atomic E-state index is 13.0. The average Bonchev–Trinajstić information content (AvgIpc) is 3.27. The molecule has 0 bridgehead atoms. The summed E-state index contributed by atoms with van der Waals surface area (Å²) in [5.41, 5.74) is 3.24. The molecule has 3 aromatic rings. The molecule has 0 saturated carbocycles. The van der Waals surface area contributed by atoms with Gasteiger partial charge in [-0.25, -0.2) is 9.69 Å². The fraction of sp³-hybridized carbons (Fsp3) is 0.231. The molecule has 1 atom stereocenters. The zero-order valence-corrected chi connectivity index (χ0v) is 20.4. The highest BCUT2D eigenvalue weighted by Crippen LogP contribution is 2.47. The number of anilines is 2. The number of methoxy groups -OCH3 is 1. The van der Waals surface area contributed by atoms with Crippen molar-refractivity contribution in [2.45, 2.75) is 21.6 Å². The number of hydrogen-bond donors (Lipinski definition) is 1. The molecule has 3 amide bonds. The summed E-state index contributed by atoms with van der Waals surface area (Å²) in [6.45, 7) is 1.24. The largest absolute Gasteiger partial charge is 0.497 e. The van der Waals surface area contributed by atoms with Gasteiger partial charge in [0, 0.05) is 22.9 Å². The third-order valence-electron chi connectivity index (χ3n) is 5.83. The number of rotatable bonds is 6. The minimum Gasteiger partial charge on any atom is -0.497 e. The predicted molar refractivity (Wildman–Crippen MR) is 137 cm³/mol. The van der Waals surface area contributed by atoms with Crippen molar-refractivity contribution in [2.75, 3.05) is 30.9 Å². The first-order valence-corrected chi connectivity index (χ1v) is 13.0. The van der Waals surface area contributed by atoms with Crippen molar-refractivity contribution in [2.24, 2.45) is 0 Å². The number of urea groups is 1. The van der Waals surface area contributed by atoms with Crippen molar-refractivity contribution in [3.63, 3.8) is 0 Å². The number of carbonyl (C=O) groups is 2. The van der Waals surface area contributed by atoms with E-state index in [-0.39, 0.29) is 23.1 Å². The average molecular weight is 492 g/mol. The summed E-state index contributed by atoms with van der Waals surface area (Å²) in [6.07, 6.45) is 0.748. The smallest absolute Gasteiger partial charge is 0.325 e. The molecule has 1 unspecified atom stereocenters. The summed E-state index contributed by atoms with van der Waals surface area (Å²) in [5, 5.41) is 2.61. The van der Waals surface area contributed by atoms with E-state index < -0.39 is 0 Å². The minimum absolute atomic E-state index is 0.175. The summed E-state index contributed by atoms with van der Waals surface area (Å²) in [7, 11) is 1.61. The fourth-order valence-corrected chi connectivity index (χ4v) is 6.46. The topological polar surface area (TPSA) is 61.9 Å². The van der Waals surface area contributed by atoms with Crippen LogP contribution in [0.5, 0.6) is 5.75 Å². The Kier molecular flexibility index (Phi) is 6.69. The lowest BCUT2D eigenvalue weighted by molar-refractivity contribution is -0.125. The summed E-state index contributed by atoms with van der Waals surface area (Å²) in [4.78, 5) is 31.6. The van der Waals surface area contributed by atoms with Crippen molar-refractivity contribution in [1.29, 1.82) is 0 Å². The summed E-state index contributed by atoms with van der Waals surface area (Å²) >= 11 is 3.24. The van der Waals surface area contributed by atoms with E-state index in [0.29, 0.717) is 12.3 Å². The molecule has 0 aromatic heterocycles. The molecule has 174 valence electrons. The highest BCUT2D eigenvalue weighted by Gasteiger charge is 2.37. The summed E-state index contributed by atoms with van der Waals surface area (Å²) < 4.78 is 5.30. The molecule has 1 N–H and O–H groups in total. The molecule has 0 spiro atoms. The number of benzene rings is 3. The Morgan fingerprint density at radius 3 is 2.44 bits per heavy atom. The van der Waals surface area contributed by atoms with E-state index in [2.05, 4.69) is 58.7 Å². The number of ether oxygens (including phenoxy) is 1. The van der Waals surface area contributed by atoms with Crippen molar-refractivity contribution in [3.8, 4) is 5.75 Å². The van der Waals surface area contributed by atoms with Gasteiger partial charge in [-0.15, -0.1) is 11.8 Å². The molecule has 0 radical (unpaired) electrons. The van der Waals surface area contributed by atoms with E-state index in [1.165, 1.54) is 37.8 Å². The molecular formula is C26H25N3O3S2. The first kappa shape index (κ1) is 22.7. The quantitative estimate of drug-likeness (QED) is 0.448. The molecule has 6 nitrogen and oxygen atoms in total. The number of thioether (sulfide) groups is 1. The Hall–Kier alpha value is -3.10. The second-order valence-corrected chi connectivity index (χ2v) is 10.1. The van der Waals surface area contributed by atoms with Crippen molar-refractivity contribution < 1.29 is 14.3 Å². The van der Waals surface area contributed by atoms with Crippen LogP contribution in [0.1, 0.15) is 17.4 Å². The van der Waals surface area contributed by atoms with Crippen molar-refractivity contribution >= 4 is 46.8 Å². The van der Waals surface area contributed by atoms with Gasteiger partial charge in [0.2, 0.25) is 5.91 Å². The maximum Gasteiger partial charge on any atom is 0.325 e. The number of para-hydroxylation sites is 2. The van der Waals surface area contributed by atoms with Crippen LogP contribution < -0.4 is 15.0 Å². The van der Waals surface area contributed by atoms with Gasteiger partial charge in [0.05, 0.1) is 24.2 Å². The van der Waals surface area contributed by atoms with Gasteiger partial charge >= 0.3 is 6.03 Å². The number of hydrogen-bond acceptors (Lipinski definition) is 6. The van der Waals surface area contributed by atoms with Gasteiger partial charge in [0.1, 0.15) is 11.1 Å². The van der Waals surface area contributed by atoms with E-state index >= 15 is 0 Å². The number of nitrogens with zero attached hydrogens (tertiary/aromatic N) is 2. The second-order valence-electron chi connectivity index (χ2n) is 7.98. The number of fused-ring (bicyclic) bond motifs is 2. The van der Waals surface area contributed by atoms with Gasteiger partial charge in [0.15, 0.2) is 0 Å². The van der Waals surface area contributed by atoms with Gasteiger partial charge in [-0.3, -0.25) is 4.79 Å². The molecule has 1 fully saturated rings. The lowest BCUT2D eigenvalue weighted by Crippen LogP contribution is -2.43. The van der Waals surface area contributed by atoms with Gasteiger partial charge in [0.25, 0.3) is 0 Å². The van der Waals surface area contributed by atoms with Gasteiger partial charge < -0.3 is 15.0 Å². The Morgan fingerprint density at radius 1 is 1.03 bits per heavy atom. The van der Waals surface area contributed by atoms with Crippen LogP contribution in [0.4, 0.5) is 16.2 Å². The molecule has 3 aromatic carbocycles. The van der Waals surface area contributed by atoms with Crippen molar-refractivity contribution in [1.82, 2.24) is 10.2 Å². The second kappa shape index (κ2) is 10.0. The molecule has 34 heavy (non-hydrogen) atoms. The van der Waals surface area contributed by atoms with Gasteiger partial charge in [-0.1, -0.05) is 48.2 Å². The number of carbonyl (C=O) groups excluding carboxylic acids is 2. The monoisotopic (exact) mass is 491 g/mol. The third kappa shape index (κ3) is 4.48. The standard InChI is InChI=1S/C26H25N3O3S2/c1-32-19-9-6-8-18(16-19)25-29(24(30)17-33-25)26(31)27-14-7-15-28-20-10-2-4-12-22(20)34-23-13-5-3-11-21(23)28/h2-6,8-13,16,25H,7,14-15,17H2,1H3,(H,27,31). The highest BCUT2D eigenvalue weighted by atomic mass is 32.2. The van der Waals surface area contributed by atoms with E-state index in [1.54, 1.807) is 18.9 Å². The molecule has 2 aliphatic rings. The Morgan fingerprint density at radius 2 is 1.74 bits per heavy atom. The van der Waals surface area contributed by atoms with Gasteiger partial charge in [-0.05, 0) is 48.4 Å². The summed E-state index contributed by atoms with van der Waals surface area (Å²) in [6, 6.07) is 23.9. The van der Waals surface area contributed by atoms with E-state index in [0.717, 1.165) is 18.5 Å². The number of amides is 3. The normalized spacial score (nSPS) is 16.7.